The Bertz CT molecular complexity index is 373. The maximum Gasteiger partial charge on any atom is 0.335 e. The van der Waals surface area contributed by atoms with Gasteiger partial charge >= 0.3 is 5.97 Å². The van der Waals surface area contributed by atoms with Gasteiger partial charge in [0.25, 0.3) is 0 Å². The van der Waals surface area contributed by atoms with Crippen LogP contribution < -0.4 is 4.90 Å². The number of anilines is 1. The summed E-state index contributed by atoms with van der Waals surface area (Å²) >= 11 is 0. The third kappa shape index (κ3) is 3.92. The van der Waals surface area contributed by atoms with Crippen LogP contribution in [-0.4, -0.2) is 37.9 Å². The number of carboxylic acids is 1. The second kappa shape index (κ2) is 6.70. The number of hydrogen-bond acceptors (Lipinski definition) is 3. The Balaban J connectivity index is 2.79. The third-order valence-electron chi connectivity index (χ3n) is 2.39. The first-order chi connectivity index (χ1) is 8.19. The van der Waals surface area contributed by atoms with E-state index in [2.05, 4.69) is 11.5 Å². The molecule has 0 amide bonds. The van der Waals surface area contributed by atoms with Crippen LogP contribution in [0.2, 0.25) is 0 Å². The molecular weight excluding hydrogens is 218 g/mol. The molecular formula is C13H17NO3. The van der Waals surface area contributed by atoms with Crippen LogP contribution in [0.5, 0.6) is 0 Å². The highest BCUT2D eigenvalue weighted by molar-refractivity contribution is 5.88. The highest BCUT2D eigenvalue weighted by atomic mass is 16.5. The van der Waals surface area contributed by atoms with E-state index in [9.17, 15) is 4.79 Å². The van der Waals surface area contributed by atoms with E-state index in [4.69, 9.17) is 9.84 Å². The van der Waals surface area contributed by atoms with Gasteiger partial charge in [-0.3, -0.25) is 0 Å². The molecule has 0 aliphatic heterocycles. The number of carboxylic acid groups (broad SMARTS) is 1. The van der Waals surface area contributed by atoms with Crippen LogP contribution in [-0.2, 0) is 4.74 Å². The van der Waals surface area contributed by atoms with Gasteiger partial charge in [-0.2, -0.15) is 0 Å². The molecule has 0 fully saturated rings. The molecule has 1 N–H and O–H groups in total. The molecule has 0 aliphatic rings. The van der Waals surface area contributed by atoms with Gasteiger partial charge in [-0.1, -0.05) is 6.08 Å². The first kappa shape index (κ1) is 13.3. The lowest BCUT2D eigenvalue weighted by molar-refractivity contribution is 0.0697. The SMILES string of the molecule is C=CCN(CCOC)c1ccc(C(=O)O)cc1. The number of ether oxygens (including phenoxy) is 1. The smallest absolute Gasteiger partial charge is 0.335 e. The Morgan fingerprint density at radius 1 is 1.47 bits per heavy atom. The molecule has 0 radical (unpaired) electrons. The molecule has 0 aromatic heterocycles. The minimum absolute atomic E-state index is 0.291. The molecule has 1 aromatic rings. The molecule has 92 valence electrons. The van der Waals surface area contributed by atoms with Crippen molar-refractivity contribution < 1.29 is 14.6 Å². The number of rotatable bonds is 7. The summed E-state index contributed by atoms with van der Waals surface area (Å²) in [5.74, 6) is -0.913. The summed E-state index contributed by atoms with van der Waals surface area (Å²) in [5, 5.41) is 8.81. The van der Waals surface area contributed by atoms with Gasteiger partial charge in [0, 0.05) is 25.9 Å². The topological polar surface area (TPSA) is 49.8 Å². The predicted octanol–water partition coefficient (Wildman–Crippen LogP) is 2.02. The molecule has 0 spiro atoms. The number of nitrogens with zero attached hydrogens (tertiary/aromatic N) is 1. The normalized spacial score (nSPS) is 9.94. The first-order valence-electron chi connectivity index (χ1n) is 5.37. The van der Waals surface area contributed by atoms with Gasteiger partial charge in [0.2, 0.25) is 0 Å². The summed E-state index contributed by atoms with van der Waals surface area (Å²) in [6.45, 7) is 5.77. The van der Waals surface area contributed by atoms with E-state index in [1.807, 2.05) is 0 Å². The zero-order valence-corrected chi connectivity index (χ0v) is 9.93. The van der Waals surface area contributed by atoms with Crippen molar-refractivity contribution in [2.45, 2.75) is 0 Å². The van der Waals surface area contributed by atoms with Gasteiger partial charge in [-0.05, 0) is 24.3 Å². The van der Waals surface area contributed by atoms with Crippen molar-refractivity contribution in [2.24, 2.45) is 0 Å². The minimum Gasteiger partial charge on any atom is -0.478 e. The van der Waals surface area contributed by atoms with Crippen LogP contribution in [0.25, 0.3) is 0 Å². The summed E-state index contributed by atoms with van der Waals surface area (Å²) < 4.78 is 5.03. The van der Waals surface area contributed by atoms with Crippen molar-refractivity contribution >= 4 is 11.7 Å². The molecule has 4 nitrogen and oxygen atoms in total. The Hall–Kier alpha value is -1.81. The van der Waals surface area contributed by atoms with E-state index in [0.29, 0.717) is 18.7 Å². The van der Waals surface area contributed by atoms with Crippen LogP contribution >= 0.6 is 0 Å². The number of benzene rings is 1. The first-order valence-corrected chi connectivity index (χ1v) is 5.37. The molecule has 0 atom stereocenters. The Morgan fingerprint density at radius 2 is 2.12 bits per heavy atom. The summed E-state index contributed by atoms with van der Waals surface area (Å²) in [6, 6.07) is 6.78. The van der Waals surface area contributed by atoms with Crippen LogP contribution in [0.3, 0.4) is 0 Å². The largest absolute Gasteiger partial charge is 0.478 e. The molecule has 17 heavy (non-hydrogen) atoms. The van der Waals surface area contributed by atoms with E-state index in [0.717, 1.165) is 12.2 Å². The maximum absolute atomic E-state index is 10.7. The third-order valence-corrected chi connectivity index (χ3v) is 2.39. The highest BCUT2D eigenvalue weighted by Gasteiger charge is 2.06. The average Bonchev–Trinajstić information content (AvgIpc) is 2.34. The maximum atomic E-state index is 10.7. The lowest BCUT2D eigenvalue weighted by atomic mass is 10.2. The molecule has 0 bridgehead atoms. The van der Waals surface area contributed by atoms with Crippen molar-refractivity contribution in [3.63, 3.8) is 0 Å². The Morgan fingerprint density at radius 3 is 2.59 bits per heavy atom. The quantitative estimate of drug-likeness (QED) is 0.735. The second-order valence-corrected chi connectivity index (χ2v) is 3.58. The lowest BCUT2D eigenvalue weighted by Gasteiger charge is -2.22. The fourth-order valence-corrected chi connectivity index (χ4v) is 1.50. The van der Waals surface area contributed by atoms with Gasteiger partial charge < -0.3 is 14.7 Å². The van der Waals surface area contributed by atoms with Crippen molar-refractivity contribution in [1.82, 2.24) is 0 Å². The number of methoxy groups -OCH3 is 1. The van der Waals surface area contributed by atoms with Gasteiger partial charge in [-0.15, -0.1) is 6.58 Å². The van der Waals surface area contributed by atoms with Crippen molar-refractivity contribution in [2.75, 3.05) is 31.7 Å². The van der Waals surface area contributed by atoms with Crippen LogP contribution in [0.4, 0.5) is 5.69 Å². The van der Waals surface area contributed by atoms with Crippen molar-refractivity contribution in [1.29, 1.82) is 0 Å². The van der Waals surface area contributed by atoms with E-state index in [-0.39, 0.29) is 0 Å². The van der Waals surface area contributed by atoms with Gasteiger partial charge in [0.05, 0.1) is 12.2 Å². The van der Waals surface area contributed by atoms with E-state index in [1.54, 1.807) is 37.5 Å². The summed E-state index contributed by atoms with van der Waals surface area (Å²) in [5.41, 5.74) is 1.26. The van der Waals surface area contributed by atoms with Crippen LogP contribution in [0.15, 0.2) is 36.9 Å². The molecule has 0 saturated carbocycles. The minimum atomic E-state index is -0.913. The summed E-state index contributed by atoms with van der Waals surface area (Å²) in [6.07, 6.45) is 1.81. The lowest BCUT2D eigenvalue weighted by Crippen LogP contribution is -2.27. The highest BCUT2D eigenvalue weighted by Crippen LogP contribution is 2.15. The summed E-state index contributed by atoms with van der Waals surface area (Å²) in [4.78, 5) is 12.8. The fourth-order valence-electron chi connectivity index (χ4n) is 1.50. The average molecular weight is 235 g/mol. The van der Waals surface area contributed by atoms with Crippen LogP contribution in [0.1, 0.15) is 10.4 Å². The number of aromatic carboxylic acids is 1. The van der Waals surface area contributed by atoms with Crippen molar-refractivity contribution in [3.05, 3.63) is 42.5 Å². The molecule has 1 rings (SSSR count). The van der Waals surface area contributed by atoms with Gasteiger partial charge in [0.15, 0.2) is 0 Å². The van der Waals surface area contributed by atoms with E-state index in [1.165, 1.54) is 0 Å². The molecule has 0 unspecified atom stereocenters. The molecule has 0 saturated heterocycles. The number of hydrogen-bond donors (Lipinski definition) is 1. The number of carbonyl (C=O) groups is 1. The molecule has 1 aromatic carbocycles. The van der Waals surface area contributed by atoms with Crippen molar-refractivity contribution in [3.8, 4) is 0 Å². The molecule has 0 aliphatic carbocycles. The monoisotopic (exact) mass is 235 g/mol. The zero-order chi connectivity index (χ0) is 12.7. The Labute approximate surface area is 101 Å². The summed E-state index contributed by atoms with van der Waals surface area (Å²) in [7, 11) is 1.65. The van der Waals surface area contributed by atoms with E-state index >= 15 is 0 Å². The van der Waals surface area contributed by atoms with Crippen LogP contribution in [0, 0.1) is 0 Å². The molecule has 4 heteroatoms. The zero-order valence-electron chi connectivity index (χ0n) is 9.93. The van der Waals surface area contributed by atoms with Gasteiger partial charge in [0.1, 0.15) is 0 Å². The van der Waals surface area contributed by atoms with E-state index < -0.39 is 5.97 Å². The second-order valence-electron chi connectivity index (χ2n) is 3.58. The van der Waals surface area contributed by atoms with Gasteiger partial charge in [-0.25, -0.2) is 4.79 Å². The predicted molar refractivity (Wildman–Crippen MR) is 67.7 cm³/mol. The molecule has 0 heterocycles. The fraction of sp³-hybridized carbons (Fsp3) is 0.308. The standard InChI is InChI=1S/C13H17NO3/c1-3-8-14(9-10-17-2)12-6-4-11(5-7-12)13(15)16/h3-7H,1,8-10H2,2H3,(H,15,16). The Kier molecular flexibility index (Phi) is 5.23.